The second-order valence-electron chi connectivity index (χ2n) is 8.31. The quantitative estimate of drug-likeness (QED) is 0.646. The van der Waals surface area contributed by atoms with E-state index in [1.807, 2.05) is 18.0 Å². The largest absolute Gasteiger partial charge is 0.442 e. The van der Waals surface area contributed by atoms with Crippen LogP contribution in [0.15, 0.2) is 24.4 Å². The Balaban J connectivity index is 1.40. The number of anilines is 2. The smallest absolute Gasteiger partial charge is 0.414 e. The lowest BCUT2D eigenvalue weighted by Crippen LogP contribution is -2.33. The summed E-state index contributed by atoms with van der Waals surface area (Å²) in [6.07, 6.45) is 2.10. The Morgan fingerprint density at radius 2 is 2.22 bits per heavy atom. The van der Waals surface area contributed by atoms with Gasteiger partial charge in [-0.15, -0.1) is 0 Å². The number of aromatic nitrogens is 2. The standard InChI is InChI=1S/C22H28FN5O4/c1-3-4-17(30)11-27-10-15-9-26(13-20(15)25-27)21-6-5-16(7-19(21)23)28-12-18(32-22(28)31)8-24-14(2)29/h5-7,10,17-18,30H,3-4,8-9,11-13H2,1-2H3,(H,24,29)/t17-,18+/m1/s1. The van der Waals surface area contributed by atoms with E-state index in [1.54, 1.807) is 16.8 Å². The topological polar surface area (TPSA) is 99.9 Å². The maximum Gasteiger partial charge on any atom is 0.414 e. The van der Waals surface area contributed by atoms with E-state index in [9.17, 15) is 19.1 Å². The molecule has 2 aliphatic rings. The minimum Gasteiger partial charge on any atom is -0.442 e. The molecule has 2 atom stereocenters. The molecule has 2 N–H and O–H groups in total. The predicted molar refractivity (Wildman–Crippen MR) is 116 cm³/mol. The summed E-state index contributed by atoms with van der Waals surface area (Å²) in [6.45, 7) is 5.34. The average molecular weight is 445 g/mol. The van der Waals surface area contributed by atoms with Gasteiger partial charge in [0.15, 0.2) is 0 Å². The molecule has 0 unspecified atom stereocenters. The highest BCUT2D eigenvalue weighted by Crippen LogP contribution is 2.32. The lowest BCUT2D eigenvalue weighted by atomic mass is 10.2. The van der Waals surface area contributed by atoms with E-state index < -0.39 is 24.1 Å². The molecule has 0 saturated carbocycles. The molecule has 2 aromatic rings. The molecular formula is C22H28FN5O4. The average Bonchev–Trinajstić information content (AvgIpc) is 3.39. The number of hydrogen-bond acceptors (Lipinski definition) is 6. The molecule has 9 nitrogen and oxygen atoms in total. The Labute approximate surface area is 185 Å². The van der Waals surface area contributed by atoms with Crippen LogP contribution in [-0.4, -0.2) is 52.2 Å². The van der Waals surface area contributed by atoms with Crippen LogP contribution in [0.2, 0.25) is 0 Å². The third-order valence-electron chi connectivity index (χ3n) is 5.68. The zero-order valence-electron chi connectivity index (χ0n) is 18.3. The first-order valence-electron chi connectivity index (χ1n) is 10.8. The van der Waals surface area contributed by atoms with Crippen molar-refractivity contribution in [3.63, 3.8) is 0 Å². The van der Waals surface area contributed by atoms with Crippen molar-refractivity contribution in [1.29, 1.82) is 0 Å². The molecule has 4 rings (SSSR count). The molecule has 1 aromatic carbocycles. The van der Waals surface area contributed by atoms with E-state index in [4.69, 9.17) is 4.74 Å². The molecule has 0 radical (unpaired) electrons. The van der Waals surface area contributed by atoms with Gasteiger partial charge in [0.25, 0.3) is 0 Å². The number of ether oxygens (including phenoxy) is 1. The van der Waals surface area contributed by atoms with Crippen LogP contribution in [0.4, 0.5) is 20.6 Å². The number of carbonyl (C=O) groups excluding carboxylic acids is 2. The molecule has 3 heterocycles. The number of aliphatic hydroxyl groups is 1. The number of halogens is 1. The van der Waals surface area contributed by atoms with Crippen LogP contribution in [0.25, 0.3) is 0 Å². The fourth-order valence-corrected chi connectivity index (χ4v) is 4.13. The van der Waals surface area contributed by atoms with Gasteiger partial charge in [-0.05, 0) is 24.6 Å². The van der Waals surface area contributed by atoms with Crippen LogP contribution >= 0.6 is 0 Å². The van der Waals surface area contributed by atoms with Gasteiger partial charge in [0, 0.05) is 25.2 Å². The summed E-state index contributed by atoms with van der Waals surface area (Å²) in [4.78, 5) is 26.5. The van der Waals surface area contributed by atoms with Gasteiger partial charge in [0.1, 0.15) is 11.9 Å². The maximum absolute atomic E-state index is 15.0. The van der Waals surface area contributed by atoms with Gasteiger partial charge in [0.05, 0.1) is 49.4 Å². The lowest BCUT2D eigenvalue weighted by Gasteiger charge is -2.21. The highest BCUT2D eigenvalue weighted by molar-refractivity contribution is 5.90. The molecule has 1 saturated heterocycles. The summed E-state index contributed by atoms with van der Waals surface area (Å²) in [6, 6.07) is 4.68. The second kappa shape index (κ2) is 9.15. The number of fused-ring (bicyclic) bond motifs is 1. The number of hydrogen-bond donors (Lipinski definition) is 2. The van der Waals surface area contributed by atoms with Gasteiger partial charge in [-0.1, -0.05) is 13.3 Å². The highest BCUT2D eigenvalue weighted by Gasteiger charge is 2.33. The highest BCUT2D eigenvalue weighted by atomic mass is 19.1. The molecule has 32 heavy (non-hydrogen) atoms. The SMILES string of the molecule is CCC[C@@H](O)Cn1cc2c(n1)CN(c1ccc(N3C[C@H](CNC(C)=O)OC3=O)cc1F)C2. The first kappa shape index (κ1) is 22.1. The second-order valence-corrected chi connectivity index (χ2v) is 8.31. The van der Waals surface area contributed by atoms with Crippen LogP contribution in [0.1, 0.15) is 37.9 Å². The number of benzene rings is 1. The number of amides is 2. The number of cyclic esters (lactones) is 1. The van der Waals surface area contributed by atoms with Crippen LogP contribution in [0.3, 0.4) is 0 Å². The van der Waals surface area contributed by atoms with Gasteiger partial charge in [-0.3, -0.25) is 14.4 Å². The molecule has 0 aliphatic carbocycles. The Morgan fingerprint density at radius 1 is 1.41 bits per heavy atom. The van der Waals surface area contributed by atoms with Crippen molar-refractivity contribution in [3.8, 4) is 0 Å². The Hall–Kier alpha value is -3.14. The minimum atomic E-state index is -0.562. The van der Waals surface area contributed by atoms with Crippen molar-refractivity contribution >= 4 is 23.4 Å². The first-order valence-corrected chi connectivity index (χ1v) is 10.8. The van der Waals surface area contributed by atoms with Crippen LogP contribution in [-0.2, 0) is 29.2 Å². The van der Waals surface area contributed by atoms with E-state index in [0.717, 1.165) is 24.1 Å². The zero-order valence-corrected chi connectivity index (χ0v) is 18.3. The molecule has 0 bridgehead atoms. The van der Waals surface area contributed by atoms with Crippen molar-refractivity contribution < 1.29 is 23.8 Å². The summed E-state index contributed by atoms with van der Waals surface area (Å²) >= 11 is 0. The zero-order chi connectivity index (χ0) is 22.8. The predicted octanol–water partition coefficient (Wildman–Crippen LogP) is 2.16. The number of nitrogens with zero attached hydrogens (tertiary/aromatic N) is 4. The monoisotopic (exact) mass is 445 g/mol. The van der Waals surface area contributed by atoms with E-state index in [0.29, 0.717) is 31.0 Å². The van der Waals surface area contributed by atoms with Gasteiger partial charge in [-0.25, -0.2) is 9.18 Å². The minimum absolute atomic E-state index is 0.203. The van der Waals surface area contributed by atoms with Crippen LogP contribution < -0.4 is 15.1 Å². The molecular weight excluding hydrogens is 417 g/mol. The maximum atomic E-state index is 15.0. The number of carbonyl (C=O) groups is 2. The fourth-order valence-electron chi connectivity index (χ4n) is 4.13. The van der Waals surface area contributed by atoms with Gasteiger partial charge >= 0.3 is 6.09 Å². The normalized spacial score (nSPS) is 18.6. The molecule has 2 aliphatic heterocycles. The molecule has 10 heteroatoms. The molecule has 1 fully saturated rings. The van der Waals surface area contributed by atoms with Gasteiger partial charge in [-0.2, -0.15) is 5.10 Å². The van der Waals surface area contributed by atoms with E-state index in [2.05, 4.69) is 10.4 Å². The molecule has 2 amide bonds. The third kappa shape index (κ3) is 4.69. The molecule has 0 spiro atoms. The van der Waals surface area contributed by atoms with E-state index >= 15 is 0 Å². The van der Waals surface area contributed by atoms with Gasteiger partial charge in [0.2, 0.25) is 5.91 Å². The van der Waals surface area contributed by atoms with Crippen LogP contribution in [0.5, 0.6) is 0 Å². The number of rotatable bonds is 8. The molecule has 1 aromatic heterocycles. The number of aliphatic hydroxyl groups excluding tert-OH is 1. The van der Waals surface area contributed by atoms with E-state index in [1.165, 1.54) is 17.9 Å². The lowest BCUT2D eigenvalue weighted by molar-refractivity contribution is -0.119. The molecule has 172 valence electrons. The third-order valence-corrected chi connectivity index (χ3v) is 5.68. The summed E-state index contributed by atoms with van der Waals surface area (Å²) in [5, 5.41) is 17.1. The van der Waals surface area contributed by atoms with E-state index in [-0.39, 0.29) is 19.0 Å². The van der Waals surface area contributed by atoms with Crippen molar-refractivity contribution in [3.05, 3.63) is 41.5 Å². The number of nitrogens with one attached hydrogen (secondary N) is 1. The van der Waals surface area contributed by atoms with Crippen molar-refractivity contribution in [1.82, 2.24) is 15.1 Å². The van der Waals surface area contributed by atoms with Crippen molar-refractivity contribution in [2.45, 2.75) is 58.5 Å². The first-order chi connectivity index (χ1) is 15.3. The Bertz CT molecular complexity index is 987. The Morgan fingerprint density at radius 3 is 2.91 bits per heavy atom. The van der Waals surface area contributed by atoms with Gasteiger partial charge < -0.3 is 20.1 Å². The summed E-state index contributed by atoms with van der Waals surface area (Å²) < 4.78 is 22.0. The summed E-state index contributed by atoms with van der Waals surface area (Å²) in [5.74, 6) is -0.637. The summed E-state index contributed by atoms with van der Waals surface area (Å²) in [7, 11) is 0. The fraction of sp³-hybridized carbons (Fsp3) is 0.500. The Kier molecular flexibility index (Phi) is 6.31. The van der Waals surface area contributed by atoms with Crippen molar-refractivity contribution in [2.24, 2.45) is 0 Å². The van der Waals surface area contributed by atoms with Crippen molar-refractivity contribution in [2.75, 3.05) is 22.9 Å². The summed E-state index contributed by atoms with van der Waals surface area (Å²) in [5.41, 5.74) is 2.74. The van der Waals surface area contributed by atoms with Crippen LogP contribution in [0, 0.1) is 5.82 Å².